The van der Waals surface area contributed by atoms with Gasteiger partial charge in [-0.05, 0) is 49.1 Å². The summed E-state index contributed by atoms with van der Waals surface area (Å²) in [6.07, 6.45) is 2.43. The molecule has 1 atom stereocenters. The lowest BCUT2D eigenvalue weighted by Crippen LogP contribution is -2.08. The number of hydrogen-bond donors (Lipinski definition) is 1. The summed E-state index contributed by atoms with van der Waals surface area (Å²) in [5, 5.41) is 1.21. The number of nitrogens with one attached hydrogen (secondary N) is 1. The number of rotatable bonds is 6. The summed E-state index contributed by atoms with van der Waals surface area (Å²) in [7, 11) is 0. The summed E-state index contributed by atoms with van der Waals surface area (Å²) >= 11 is 0. The molecule has 4 nitrogen and oxygen atoms in total. The van der Waals surface area contributed by atoms with Crippen LogP contribution in [0.2, 0.25) is 0 Å². The summed E-state index contributed by atoms with van der Waals surface area (Å²) < 4.78 is 11.1. The van der Waals surface area contributed by atoms with Gasteiger partial charge in [0.25, 0.3) is 0 Å². The SMILES string of the molecule is CCOC(=O)CC1CCc2c1[nH]c1ccc(OCc3ccccc3)cc21. The van der Waals surface area contributed by atoms with E-state index in [9.17, 15) is 4.79 Å². The number of fused-ring (bicyclic) bond motifs is 3. The number of aryl methyl sites for hydroxylation is 1. The van der Waals surface area contributed by atoms with Gasteiger partial charge in [0.15, 0.2) is 0 Å². The molecule has 0 saturated heterocycles. The second kappa shape index (κ2) is 7.24. The van der Waals surface area contributed by atoms with Gasteiger partial charge >= 0.3 is 5.97 Å². The van der Waals surface area contributed by atoms with E-state index in [4.69, 9.17) is 9.47 Å². The summed E-state index contributed by atoms with van der Waals surface area (Å²) in [6.45, 7) is 2.84. The van der Waals surface area contributed by atoms with E-state index >= 15 is 0 Å². The van der Waals surface area contributed by atoms with Crippen molar-refractivity contribution in [1.29, 1.82) is 0 Å². The zero-order valence-corrected chi connectivity index (χ0v) is 15.0. The third kappa shape index (κ3) is 3.32. The van der Waals surface area contributed by atoms with E-state index in [2.05, 4.69) is 29.2 Å². The Labute approximate surface area is 153 Å². The van der Waals surface area contributed by atoms with E-state index in [0.717, 1.165) is 29.7 Å². The molecule has 0 spiro atoms. The molecule has 4 heteroatoms. The fraction of sp³-hybridized carbons (Fsp3) is 0.318. The molecule has 1 N–H and O–H groups in total. The van der Waals surface area contributed by atoms with Crippen LogP contribution in [-0.4, -0.2) is 17.6 Å². The summed E-state index contributed by atoms with van der Waals surface area (Å²) in [5.74, 6) is 0.984. The van der Waals surface area contributed by atoms with Gasteiger partial charge in [-0.3, -0.25) is 4.79 Å². The minimum atomic E-state index is -0.115. The van der Waals surface area contributed by atoms with Crippen molar-refractivity contribution < 1.29 is 14.3 Å². The first-order chi connectivity index (χ1) is 12.7. The Morgan fingerprint density at radius 2 is 2.04 bits per heavy atom. The lowest BCUT2D eigenvalue weighted by Gasteiger charge is -2.09. The van der Waals surface area contributed by atoms with E-state index in [1.807, 2.05) is 31.2 Å². The quantitative estimate of drug-likeness (QED) is 0.655. The third-order valence-corrected chi connectivity index (χ3v) is 5.03. The number of carbonyl (C=O) groups is 1. The molecule has 26 heavy (non-hydrogen) atoms. The number of esters is 1. The van der Waals surface area contributed by atoms with Gasteiger partial charge < -0.3 is 14.5 Å². The molecule has 1 heterocycles. The lowest BCUT2D eigenvalue weighted by atomic mass is 10.0. The van der Waals surface area contributed by atoms with Gasteiger partial charge in [0.05, 0.1) is 13.0 Å². The summed E-state index contributed by atoms with van der Waals surface area (Å²) in [6, 6.07) is 16.3. The molecule has 0 bridgehead atoms. The van der Waals surface area contributed by atoms with Gasteiger partial charge in [-0.1, -0.05) is 30.3 Å². The van der Waals surface area contributed by atoms with E-state index in [0.29, 0.717) is 19.6 Å². The monoisotopic (exact) mass is 349 g/mol. The van der Waals surface area contributed by atoms with Crippen molar-refractivity contribution in [3.05, 3.63) is 65.4 Å². The summed E-state index contributed by atoms with van der Waals surface area (Å²) in [4.78, 5) is 15.4. The first-order valence-electron chi connectivity index (χ1n) is 9.21. The van der Waals surface area contributed by atoms with Crippen LogP contribution in [0.3, 0.4) is 0 Å². The Bertz CT molecular complexity index is 914. The van der Waals surface area contributed by atoms with Gasteiger partial charge in [-0.25, -0.2) is 0 Å². The van der Waals surface area contributed by atoms with E-state index in [-0.39, 0.29) is 11.9 Å². The van der Waals surface area contributed by atoms with Gasteiger partial charge in [0.2, 0.25) is 0 Å². The largest absolute Gasteiger partial charge is 0.489 e. The molecule has 0 fully saturated rings. The average Bonchev–Trinajstić information content (AvgIpc) is 3.21. The van der Waals surface area contributed by atoms with Crippen molar-refractivity contribution in [2.24, 2.45) is 0 Å². The van der Waals surface area contributed by atoms with Crippen LogP contribution in [0.4, 0.5) is 0 Å². The Kier molecular flexibility index (Phi) is 4.65. The highest BCUT2D eigenvalue weighted by molar-refractivity contribution is 5.87. The number of ether oxygens (including phenoxy) is 2. The fourth-order valence-electron chi connectivity index (χ4n) is 3.78. The highest BCUT2D eigenvalue weighted by Crippen LogP contribution is 2.40. The number of H-pyrrole nitrogens is 1. The molecule has 3 aromatic rings. The maximum atomic E-state index is 11.8. The molecule has 134 valence electrons. The van der Waals surface area contributed by atoms with Crippen molar-refractivity contribution in [1.82, 2.24) is 4.98 Å². The Morgan fingerprint density at radius 3 is 2.85 bits per heavy atom. The maximum Gasteiger partial charge on any atom is 0.306 e. The number of carbonyl (C=O) groups excluding carboxylic acids is 1. The van der Waals surface area contributed by atoms with Gasteiger partial charge in [0.1, 0.15) is 12.4 Å². The number of hydrogen-bond acceptors (Lipinski definition) is 3. The second-order valence-electron chi connectivity index (χ2n) is 6.74. The smallest absolute Gasteiger partial charge is 0.306 e. The topological polar surface area (TPSA) is 51.3 Å². The predicted molar refractivity (Wildman–Crippen MR) is 101 cm³/mol. The minimum Gasteiger partial charge on any atom is -0.489 e. The molecule has 1 aliphatic carbocycles. The molecule has 1 unspecified atom stereocenters. The molecular weight excluding hydrogens is 326 g/mol. The lowest BCUT2D eigenvalue weighted by molar-refractivity contribution is -0.143. The maximum absolute atomic E-state index is 11.8. The highest BCUT2D eigenvalue weighted by Gasteiger charge is 2.28. The minimum absolute atomic E-state index is 0.115. The molecule has 0 radical (unpaired) electrons. The zero-order chi connectivity index (χ0) is 17.9. The van der Waals surface area contributed by atoms with Crippen molar-refractivity contribution >= 4 is 16.9 Å². The first-order valence-corrected chi connectivity index (χ1v) is 9.21. The first kappa shape index (κ1) is 16.7. The highest BCUT2D eigenvalue weighted by atomic mass is 16.5. The number of aromatic amines is 1. The predicted octanol–water partition coefficient (Wildman–Crippen LogP) is 4.73. The van der Waals surface area contributed by atoms with Crippen LogP contribution < -0.4 is 4.74 Å². The second-order valence-corrected chi connectivity index (χ2v) is 6.74. The molecule has 2 aromatic carbocycles. The molecular formula is C22H23NO3. The van der Waals surface area contributed by atoms with Gasteiger partial charge in [-0.2, -0.15) is 0 Å². The van der Waals surface area contributed by atoms with E-state index in [1.165, 1.54) is 16.6 Å². The summed E-state index contributed by atoms with van der Waals surface area (Å²) in [5.41, 5.74) is 4.77. The average molecular weight is 349 g/mol. The van der Waals surface area contributed by atoms with Crippen LogP contribution in [0.15, 0.2) is 48.5 Å². The molecule has 1 aromatic heterocycles. The molecule has 0 saturated carbocycles. The van der Waals surface area contributed by atoms with Gasteiger partial charge in [0, 0.05) is 22.5 Å². The molecule has 4 rings (SSSR count). The van der Waals surface area contributed by atoms with Crippen LogP contribution in [0.5, 0.6) is 5.75 Å². The van der Waals surface area contributed by atoms with Crippen LogP contribution in [0, 0.1) is 0 Å². The normalized spacial score (nSPS) is 15.8. The van der Waals surface area contributed by atoms with Crippen molar-refractivity contribution in [2.45, 2.75) is 38.7 Å². The van der Waals surface area contributed by atoms with E-state index in [1.54, 1.807) is 0 Å². The Hall–Kier alpha value is -2.75. The Morgan fingerprint density at radius 1 is 1.19 bits per heavy atom. The van der Waals surface area contributed by atoms with Crippen LogP contribution in [0.1, 0.15) is 42.5 Å². The van der Waals surface area contributed by atoms with Crippen molar-refractivity contribution in [3.8, 4) is 5.75 Å². The Balaban J connectivity index is 1.53. The molecule has 0 amide bonds. The zero-order valence-electron chi connectivity index (χ0n) is 15.0. The van der Waals surface area contributed by atoms with Crippen molar-refractivity contribution in [3.63, 3.8) is 0 Å². The van der Waals surface area contributed by atoms with Crippen LogP contribution in [0.25, 0.3) is 10.9 Å². The number of aromatic nitrogens is 1. The van der Waals surface area contributed by atoms with E-state index < -0.39 is 0 Å². The van der Waals surface area contributed by atoms with Crippen LogP contribution >= 0.6 is 0 Å². The van der Waals surface area contributed by atoms with Crippen LogP contribution in [-0.2, 0) is 22.6 Å². The number of benzene rings is 2. The molecule has 0 aliphatic heterocycles. The fourth-order valence-corrected chi connectivity index (χ4v) is 3.78. The standard InChI is InChI=1S/C22H23NO3/c1-2-25-21(24)12-16-8-10-18-19-13-17(9-11-20(19)23-22(16)18)26-14-15-6-4-3-5-7-15/h3-7,9,11,13,16,23H,2,8,10,12,14H2,1H3. The third-order valence-electron chi connectivity index (χ3n) is 5.03. The van der Waals surface area contributed by atoms with Gasteiger partial charge in [-0.15, -0.1) is 0 Å². The molecule has 1 aliphatic rings. The van der Waals surface area contributed by atoms with Crippen molar-refractivity contribution in [2.75, 3.05) is 6.61 Å².